The van der Waals surface area contributed by atoms with Crippen LogP contribution in [0, 0.1) is 11.3 Å². The van der Waals surface area contributed by atoms with E-state index < -0.39 is 0 Å². The van der Waals surface area contributed by atoms with Crippen LogP contribution in [0.4, 0.5) is 5.95 Å². The predicted molar refractivity (Wildman–Crippen MR) is 71.6 cm³/mol. The van der Waals surface area contributed by atoms with E-state index in [1.807, 2.05) is 12.1 Å². The molecule has 1 aromatic carbocycles. The third-order valence-corrected chi connectivity index (χ3v) is 3.16. The Kier molecular flexibility index (Phi) is 3.12. The smallest absolute Gasteiger partial charge is 0.245 e. The van der Waals surface area contributed by atoms with Crippen LogP contribution in [0.15, 0.2) is 24.3 Å². The van der Waals surface area contributed by atoms with Crippen molar-refractivity contribution in [3.8, 4) is 17.5 Å². The van der Waals surface area contributed by atoms with E-state index in [9.17, 15) is 0 Å². The minimum atomic E-state index is 0.644. The molecule has 3 rings (SSSR count). The molecule has 0 bridgehead atoms. The topological polar surface area (TPSA) is 80.6 Å². The third kappa shape index (κ3) is 2.41. The van der Waals surface area contributed by atoms with Crippen LogP contribution < -0.4 is 10.2 Å². The number of anilines is 1. The molecule has 0 saturated carbocycles. The fraction of sp³-hybridized carbons (Fsp3) is 0.308. The molecule has 2 N–H and O–H groups in total. The van der Waals surface area contributed by atoms with Gasteiger partial charge in [0, 0.05) is 31.7 Å². The average molecular weight is 254 g/mol. The number of nitrogens with zero attached hydrogens (tertiary/aromatic N) is 4. The lowest BCUT2D eigenvalue weighted by atomic mass is 10.1. The number of hydrogen-bond acceptors (Lipinski definition) is 5. The summed E-state index contributed by atoms with van der Waals surface area (Å²) >= 11 is 0. The molecule has 0 unspecified atom stereocenters. The second-order valence-electron chi connectivity index (χ2n) is 4.41. The first-order valence-corrected chi connectivity index (χ1v) is 6.25. The number of hydrogen-bond donors (Lipinski definition) is 2. The number of nitrogens with one attached hydrogen (secondary N) is 2. The zero-order chi connectivity index (χ0) is 13.1. The van der Waals surface area contributed by atoms with Crippen molar-refractivity contribution in [3.63, 3.8) is 0 Å². The first-order chi connectivity index (χ1) is 9.36. The highest BCUT2D eigenvalue weighted by molar-refractivity contribution is 5.57. The Bertz CT molecular complexity index is 588. The molecule has 6 heteroatoms. The number of piperazine rings is 1. The highest BCUT2D eigenvalue weighted by atomic mass is 15.4. The lowest BCUT2D eigenvalue weighted by Gasteiger charge is -2.25. The van der Waals surface area contributed by atoms with E-state index in [4.69, 9.17) is 5.26 Å². The normalized spacial score (nSPS) is 15.2. The van der Waals surface area contributed by atoms with Crippen LogP contribution in [-0.4, -0.2) is 41.4 Å². The number of aromatic nitrogens is 3. The molecule has 19 heavy (non-hydrogen) atoms. The van der Waals surface area contributed by atoms with E-state index in [1.54, 1.807) is 12.1 Å². The van der Waals surface area contributed by atoms with Crippen LogP contribution in [0.1, 0.15) is 5.56 Å². The monoisotopic (exact) mass is 254 g/mol. The van der Waals surface area contributed by atoms with Crippen molar-refractivity contribution in [2.24, 2.45) is 0 Å². The van der Waals surface area contributed by atoms with Crippen LogP contribution in [-0.2, 0) is 0 Å². The highest BCUT2D eigenvalue weighted by Crippen LogP contribution is 2.18. The lowest BCUT2D eigenvalue weighted by Crippen LogP contribution is -2.44. The molecule has 1 aliphatic heterocycles. The molecular formula is C13H14N6. The molecule has 2 heterocycles. The van der Waals surface area contributed by atoms with Gasteiger partial charge in [-0.15, -0.1) is 5.10 Å². The first kappa shape index (κ1) is 11.7. The molecule has 96 valence electrons. The third-order valence-electron chi connectivity index (χ3n) is 3.16. The van der Waals surface area contributed by atoms with Gasteiger partial charge in [0.05, 0.1) is 11.6 Å². The highest BCUT2D eigenvalue weighted by Gasteiger charge is 2.15. The number of benzene rings is 1. The van der Waals surface area contributed by atoms with Crippen molar-refractivity contribution < 1.29 is 0 Å². The predicted octanol–water partition coefficient (Wildman–Crippen LogP) is 0.753. The van der Waals surface area contributed by atoms with E-state index in [2.05, 4.69) is 31.5 Å². The molecule has 1 aromatic heterocycles. The maximum Gasteiger partial charge on any atom is 0.245 e. The fourth-order valence-electron chi connectivity index (χ4n) is 2.09. The summed E-state index contributed by atoms with van der Waals surface area (Å²) in [4.78, 5) is 6.66. The molecule has 0 radical (unpaired) electrons. The summed E-state index contributed by atoms with van der Waals surface area (Å²) in [6.07, 6.45) is 0. The molecule has 0 amide bonds. The first-order valence-electron chi connectivity index (χ1n) is 6.25. The van der Waals surface area contributed by atoms with Crippen molar-refractivity contribution in [1.29, 1.82) is 5.26 Å². The Morgan fingerprint density at radius 1 is 1.16 bits per heavy atom. The Labute approximate surface area is 111 Å². The van der Waals surface area contributed by atoms with Gasteiger partial charge in [-0.2, -0.15) is 10.2 Å². The van der Waals surface area contributed by atoms with Crippen molar-refractivity contribution >= 4 is 5.95 Å². The second-order valence-corrected chi connectivity index (χ2v) is 4.41. The molecule has 0 atom stereocenters. The molecular weight excluding hydrogens is 240 g/mol. The van der Waals surface area contributed by atoms with Gasteiger partial charge in [0.25, 0.3) is 0 Å². The zero-order valence-electron chi connectivity index (χ0n) is 10.4. The number of aromatic amines is 1. The Balaban J connectivity index is 1.81. The van der Waals surface area contributed by atoms with Gasteiger partial charge >= 0.3 is 0 Å². The number of H-pyrrole nitrogens is 1. The quantitative estimate of drug-likeness (QED) is 0.826. The van der Waals surface area contributed by atoms with Crippen LogP contribution in [0.2, 0.25) is 0 Å². The number of nitriles is 1. The van der Waals surface area contributed by atoms with Crippen molar-refractivity contribution in [3.05, 3.63) is 29.8 Å². The molecule has 1 saturated heterocycles. The summed E-state index contributed by atoms with van der Waals surface area (Å²) in [6.45, 7) is 3.76. The van der Waals surface area contributed by atoms with Gasteiger partial charge in [0.15, 0.2) is 5.82 Å². The van der Waals surface area contributed by atoms with E-state index in [0.717, 1.165) is 43.5 Å². The van der Waals surface area contributed by atoms with Gasteiger partial charge in [-0.25, -0.2) is 0 Å². The molecule has 0 aliphatic carbocycles. The lowest BCUT2D eigenvalue weighted by molar-refractivity contribution is 0.580. The Morgan fingerprint density at radius 2 is 1.89 bits per heavy atom. The Hall–Kier alpha value is -2.39. The van der Waals surface area contributed by atoms with Crippen molar-refractivity contribution in [1.82, 2.24) is 20.5 Å². The van der Waals surface area contributed by atoms with Gasteiger partial charge in [0.2, 0.25) is 5.95 Å². The van der Waals surface area contributed by atoms with Gasteiger partial charge in [-0.1, -0.05) is 0 Å². The van der Waals surface area contributed by atoms with Crippen LogP contribution in [0.5, 0.6) is 0 Å². The molecule has 2 aromatic rings. The van der Waals surface area contributed by atoms with Gasteiger partial charge in [-0.05, 0) is 24.3 Å². The van der Waals surface area contributed by atoms with Gasteiger partial charge in [-0.3, -0.25) is 5.10 Å². The SMILES string of the molecule is N#Cc1ccc(-c2nc(N3CCNCC3)n[nH]2)cc1. The zero-order valence-corrected chi connectivity index (χ0v) is 10.4. The maximum atomic E-state index is 8.77. The summed E-state index contributed by atoms with van der Waals surface area (Å²) < 4.78 is 0. The van der Waals surface area contributed by atoms with Gasteiger partial charge in [0.1, 0.15) is 0 Å². The molecule has 1 aliphatic rings. The molecule has 1 fully saturated rings. The maximum absolute atomic E-state index is 8.77. The van der Waals surface area contributed by atoms with Crippen LogP contribution in [0.25, 0.3) is 11.4 Å². The molecule has 6 nitrogen and oxygen atoms in total. The van der Waals surface area contributed by atoms with Gasteiger partial charge < -0.3 is 10.2 Å². The Morgan fingerprint density at radius 3 is 2.58 bits per heavy atom. The fourth-order valence-corrected chi connectivity index (χ4v) is 2.09. The summed E-state index contributed by atoms with van der Waals surface area (Å²) in [5.41, 5.74) is 1.58. The summed E-state index contributed by atoms with van der Waals surface area (Å²) in [5.74, 6) is 1.47. The second kappa shape index (κ2) is 5.08. The summed E-state index contributed by atoms with van der Waals surface area (Å²) in [7, 11) is 0. The minimum absolute atomic E-state index is 0.644. The van der Waals surface area contributed by atoms with E-state index >= 15 is 0 Å². The van der Waals surface area contributed by atoms with E-state index in [1.165, 1.54) is 0 Å². The number of rotatable bonds is 2. The van der Waals surface area contributed by atoms with E-state index in [0.29, 0.717) is 5.56 Å². The summed E-state index contributed by atoms with van der Waals surface area (Å²) in [6, 6.07) is 9.41. The van der Waals surface area contributed by atoms with E-state index in [-0.39, 0.29) is 0 Å². The average Bonchev–Trinajstić information content (AvgIpc) is 2.98. The molecule has 0 spiro atoms. The minimum Gasteiger partial charge on any atom is -0.337 e. The standard InChI is InChI=1S/C13H14N6/c14-9-10-1-3-11(4-2-10)12-16-13(18-17-12)19-7-5-15-6-8-19/h1-4,15H,5-8H2,(H,16,17,18). The van der Waals surface area contributed by atoms with Crippen LogP contribution >= 0.6 is 0 Å². The summed E-state index contributed by atoms with van der Waals surface area (Å²) in [5, 5.41) is 19.3. The van der Waals surface area contributed by atoms with Crippen molar-refractivity contribution in [2.45, 2.75) is 0 Å². The largest absolute Gasteiger partial charge is 0.337 e. The van der Waals surface area contributed by atoms with Crippen LogP contribution in [0.3, 0.4) is 0 Å². The van der Waals surface area contributed by atoms with Crippen molar-refractivity contribution in [2.75, 3.05) is 31.1 Å².